The van der Waals surface area contributed by atoms with Crippen molar-refractivity contribution in [2.75, 3.05) is 12.3 Å². The van der Waals surface area contributed by atoms with Gasteiger partial charge in [-0.25, -0.2) is 4.98 Å². The molecule has 1 aliphatic heterocycles. The van der Waals surface area contributed by atoms with Crippen LogP contribution in [0.4, 0.5) is 5.95 Å². The lowest BCUT2D eigenvalue weighted by molar-refractivity contribution is -0.104. The molecule has 4 atom stereocenters. The molecule has 1 aliphatic rings. The van der Waals surface area contributed by atoms with Crippen LogP contribution in [0.5, 0.6) is 0 Å². The van der Waals surface area contributed by atoms with Crippen molar-refractivity contribution in [3.63, 3.8) is 0 Å². The maximum absolute atomic E-state index is 12.0. The second kappa shape index (κ2) is 6.13. The van der Waals surface area contributed by atoms with E-state index in [1.54, 1.807) is 0 Å². The number of hydrogen-bond acceptors (Lipinski definition) is 9. The highest BCUT2D eigenvalue weighted by Crippen LogP contribution is 2.31. The monoisotopic (exact) mass is 337 g/mol. The molecule has 0 radical (unpaired) electrons. The Bertz CT molecular complexity index is 858. The standard InChI is InChI=1S/C13H15N5O6/c14-13-16-10(23)7-11(17(13)2-1-3-19)18(5-15-7)12-9(22)8(21)6(4-20)24-12/h1-3,5-6,8-9,12,20-22H,4H2,(H2,14,16,23)/t6-,8?,9?,12-/m1/s1. The van der Waals surface area contributed by atoms with E-state index >= 15 is 0 Å². The predicted molar refractivity (Wildman–Crippen MR) is 80.6 cm³/mol. The van der Waals surface area contributed by atoms with Crippen LogP contribution in [0.3, 0.4) is 0 Å². The molecule has 2 aromatic heterocycles. The zero-order valence-electron chi connectivity index (χ0n) is 12.3. The van der Waals surface area contributed by atoms with Crippen LogP contribution in [0.1, 0.15) is 6.23 Å². The van der Waals surface area contributed by atoms with Gasteiger partial charge >= 0.3 is 5.56 Å². The summed E-state index contributed by atoms with van der Waals surface area (Å²) in [5.74, 6) is -0.195. The predicted octanol–water partition coefficient (Wildman–Crippen LogP) is -2.54. The van der Waals surface area contributed by atoms with E-state index in [1.165, 1.54) is 21.7 Å². The van der Waals surface area contributed by atoms with Crippen molar-refractivity contribution in [3.8, 4) is 0 Å². The average molecular weight is 337 g/mol. The number of aldehydes is 1. The number of allylic oxidation sites excluding steroid dienone is 1. The van der Waals surface area contributed by atoms with E-state index in [0.717, 1.165) is 6.08 Å². The van der Waals surface area contributed by atoms with Crippen molar-refractivity contribution >= 4 is 29.6 Å². The molecule has 1 fully saturated rings. The number of anilines is 1. The second-order valence-corrected chi connectivity index (χ2v) is 5.18. The first-order valence-corrected chi connectivity index (χ1v) is 6.98. The summed E-state index contributed by atoms with van der Waals surface area (Å²) in [5, 5.41) is 29.2. The molecule has 2 aromatic rings. The molecular formula is C13H15N5O6. The summed E-state index contributed by atoms with van der Waals surface area (Å²) in [4.78, 5) is 30.1. The number of aliphatic hydroxyl groups excluding tert-OH is 3. The van der Waals surface area contributed by atoms with Crippen LogP contribution in [0.2, 0.25) is 0 Å². The lowest BCUT2D eigenvalue weighted by atomic mass is 10.1. The van der Waals surface area contributed by atoms with Gasteiger partial charge in [0.15, 0.2) is 17.4 Å². The lowest BCUT2D eigenvalue weighted by Gasteiger charge is -2.18. The summed E-state index contributed by atoms with van der Waals surface area (Å²) in [6.45, 7) is -0.497. The number of rotatable bonds is 4. The fraction of sp³-hybridized carbons (Fsp3) is 0.385. The number of nitrogen functional groups attached to an aromatic ring is 1. The Labute approximate surface area is 134 Å². The Kier molecular flexibility index (Phi) is 4.15. The molecule has 0 spiro atoms. The Morgan fingerprint density at radius 3 is 2.75 bits per heavy atom. The molecule has 128 valence electrons. The number of fused-ring (bicyclic) bond motifs is 1. The van der Waals surface area contributed by atoms with E-state index in [1.807, 2.05) is 0 Å². The quantitative estimate of drug-likeness (QED) is 0.347. The summed E-state index contributed by atoms with van der Waals surface area (Å²) in [7, 11) is 0. The molecule has 0 saturated carbocycles. The van der Waals surface area contributed by atoms with E-state index in [4.69, 9.17) is 10.5 Å². The van der Waals surface area contributed by atoms with E-state index in [2.05, 4.69) is 9.97 Å². The van der Waals surface area contributed by atoms with Gasteiger partial charge < -0.3 is 25.8 Å². The molecule has 3 rings (SSSR count). The highest BCUT2D eigenvalue weighted by molar-refractivity contribution is 5.77. The van der Waals surface area contributed by atoms with Gasteiger partial charge in [-0.1, -0.05) is 0 Å². The molecule has 0 bridgehead atoms. The number of aliphatic hydroxyl groups is 3. The third kappa shape index (κ3) is 2.39. The smallest absolute Gasteiger partial charge is 0.302 e. The van der Waals surface area contributed by atoms with Gasteiger partial charge in [-0.3, -0.25) is 18.7 Å². The molecular weight excluding hydrogens is 322 g/mol. The van der Waals surface area contributed by atoms with Gasteiger partial charge in [-0.2, -0.15) is 4.98 Å². The first-order chi connectivity index (χ1) is 11.5. The van der Waals surface area contributed by atoms with Crippen LogP contribution in [-0.2, 0) is 9.53 Å². The highest BCUT2D eigenvalue weighted by atomic mass is 16.6. The van der Waals surface area contributed by atoms with Crippen LogP contribution in [0, 0.1) is 0 Å². The molecule has 1 saturated heterocycles. The van der Waals surface area contributed by atoms with Crippen molar-refractivity contribution in [3.05, 3.63) is 22.8 Å². The minimum atomic E-state index is -1.37. The highest BCUT2D eigenvalue weighted by Gasteiger charge is 2.44. The summed E-state index contributed by atoms with van der Waals surface area (Å²) in [5.41, 5.74) is 5.10. The number of nitrogens with two attached hydrogens (primary N) is 1. The Morgan fingerprint density at radius 1 is 1.38 bits per heavy atom. The van der Waals surface area contributed by atoms with Crippen molar-refractivity contribution in [2.45, 2.75) is 24.5 Å². The first-order valence-electron chi connectivity index (χ1n) is 6.98. The van der Waals surface area contributed by atoms with Crippen molar-refractivity contribution in [1.29, 1.82) is 0 Å². The topological polar surface area (TPSA) is 166 Å². The molecule has 0 aliphatic carbocycles. The number of nitrogens with zero attached hydrogens (tertiary/aromatic N) is 4. The zero-order valence-corrected chi connectivity index (χ0v) is 12.3. The van der Waals surface area contributed by atoms with Crippen LogP contribution >= 0.6 is 0 Å². The lowest BCUT2D eigenvalue weighted by Crippen LogP contribution is -2.33. The van der Waals surface area contributed by atoms with E-state index in [9.17, 15) is 24.9 Å². The van der Waals surface area contributed by atoms with Crippen LogP contribution < -0.4 is 11.3 Å². The second-order valence-electron chi connectivity index (χ2n) is 5.18. The van der Waals surface area contributed by atoms with Crippen molar-refractivity contribution in [1.82, 2.24) is 19.1 Å². The van der Waals surface area contributed by atoms with Gasteiger partial charge in [0.2, 0.25) is 5.95 Å². The van der Waals surface area contributed by atoms with E-state index in [-0.39, 0.29) is 17.1 Å². The largest absolute Gasteiger partial charge is 0.394 e. The maximum Gasteiger partial charge on any atom is 0.302 e. The molecule has 0 aromatic carbocycles. The van der Waals surface area contributed by atoms with Gasteiger partial charge in [0.25, 0.3) is 0 Å². The zero-order chi connectivity index (χ0) is 17.4. The molecule has 3 heterocycles. The Balaban J connectivity index is 2.21. The number of ether oxygens (including phenoxy) is 1. The molecule has 2 unspecified atom stereocenters. The maximum atomic E-state index is 12.0. The minimum Gasteiger partial charge on any atom is -0.394 e. The number of carbonyl (C=O) groups excluding carboxylic acids is 1. The van der Waals surface area contributed by atoms with E-state index in [0.29, 0.717) is 6.29 Å². The van der Waals surface area contributed by atoms with Gasteiger partial charge in [-0.05, 0) is 6.08 Å². The van der Waals surface area contributed by atoms with Crippen molar-refractivity contribution < 1.29 is 24.9 Å². The molecule has 11 nitrogen and oxygen atoms in total. The molecule has 0 amide bonds. The Hall–Kier alpha value is -2.60. The van der Waals surface area contributed by atoms with Gasteiger partial charge in [0.1, 0.15) is 24.6 Å². The number of imidazole rings is 1. The summed E-state index contributed by atoms with van der Waals surface area (Å²) in [6, 6.07) is 0. The van der Waals surface area contributed by atoms with Crippen molar-refractivity contribution in [2.24, 2.45) is 0 Å². The SMILES string of the molecule is Nc1nc(=O)c2ncn([C@@H]3O[C@H](CO)C(O)C3O)c2n1C=CC=O. The summed E-state index contributed by atoms with van der Waals surface area (Å²) in [6.07, 6.45) is -0.649. The average Bonchev–Trinajstić information content (AvgIpc) is 3.10. The third-order valence-electron chi connectivity index (χ3n) is 3.77. The van der Waals surface area contributed by atoms with Gasteiger partial charge in [0, 0.05) is 6.20 Å². The number of carbonyl (C=O) groups is 1. The van der Waals surface area contributed by atoms with E-state index < -0.39 is 36.7 Å². The van der Waals surface area contributed by atoms with Gasteiger partial charge in [-0.15, -0.1) is 0 Å². The van der Waals surface area contributed by atoms with Crippen LogP contribution in [0.15, 0.2) is 17.2 Å². The molecule has 11 heteroatoms. The summed E-state index contributed by atoms with van der Waals surface area (Å²) >= 11 is 0. The fourth-order valence-corrected chi connectivity index (χ4v) is 2.63. The number of aromatic nitrogens is 4. The first kappa shape index (κ1) is 16.3. The normalized spacial score (nSPS) is 27.3. The third-order valence-corrected chi connectivity index (χ3v) is 3.77. The minimum absolute atomic E-state index is 0.0579. The number of hydrogen-bond donors (Lipinski definition) is 4. The van der Waals surface area contributed by atoms with Crippen LogP contribution in [0.25, 0.3) is 17.4 Å². The molecule has 24 heavy (non-hydrogen) atoms. The Morgan fingerprint density at radius 2 is 2.12 bits per heavy atom. The summed E-state index contributed by atoms with van der Waals surface area (Å²) < 4.78 is 7.94. The fourth-order valence-electron chi connectivity index (χ4n) is 2.63. The van der Waals surface area contributed by atoms with Crippen LogP contribution in [-0.4, -0.2) is 65.6 Å². The van der Waals surface area contributed by atoms with Gasteiger partial charge in [0.05, 0.1) is 12.9 Å². The molecule has 5 N–H and O–H groups in total.